The molecule has 27 heteroatoms. The first-order chi connectivity index (χ1) is 35.3. The van der Waals surface area contributed by atoms with E-state index >= 15 is 0 Å². The Balaban J connectivity index is 0.000000238. The van der Waals surface area contributed by atoms with Gasteiger partial charge in [0.2, 0.25) is 0 Å². The Bertz CT molecular complexity index is 3130. The van der Waals surface area contributed by atoms with Gasteiger partial charge < -0.3 is 50.3 Å². The van der Waals surface area contributed by atoms with Crippen molar-refractivity contribution in [2.45, 2.75) is 76.0 Å². The Labute approximate surface area is 445 Å². The summed E-state index contributed by atoms with van der Waals surface area (Å²) in [5.41, 5.74) is 3.43. The predicted molar refractivity (Wildman–Crippen MR) is 251 cm³/mol. The molecular weight excluding hydrogens is 1000 g/mol. The minimum Gasteiger partial charge on any atom is -0.870 e. The molecule has 9 rings (SSSR count). The Morgan fingerprint density at radius 1 is 0.720 bits per heavy atom. The number of halogens is 4. The Kier molecular flexibility index (Phi) is 20.2. The minimum atomic E-state index is -1.19. The van der Waals surface area contributed by atoms with Gasteiger partial charge in [-0.2, -0.15) is 10.2 Å². The molecule has 2 aromatic carbocycles. The number of aliphatic carboxylic acids is 1. The first-order valence-corrected chi connectivity index (χ1v) is 22.7. The van der Waals surface area contributed by atoms with Crippen LogP contribution < -0.4 is 40.2 Å². The molecule has 7 N–H and O–H groups in total. The van der Waals surface area contributed by atoms with Crippen molar-refractivity contribution in [2.75, 3.05) is 23.7 Å². The number of benzene rings is 2. The molecule has 1 saturated heterocycles. The SMILES string of the molecule is O=C(O)C[C@H](O)C[C@H](O)CCNc1nc(-c2cc(-c3ccon3)n(Cc3ccccc3F)n2)ncc1F.O=C1C[C@H](O)C[C@@H](CCNc2nc(-c3cc(-c4ccon4)n(Cc4ccccc4F)n3)ncc2F)O1.[Na+].[OH-]. The van der Waals surface area contributed by atoms with Crippen LogP contribution in [-0.2, 0) is 27.4 Å². The number of cyclic esters (lactones) is 1. The van der Waals surface area contributed by atoms with Crippen LogP contribution in [0.5, 0.6) is 0 Å². The molecule has 0 spiro atoms. The van der Waals surface area contributed by atoms with E-state index in [1.54, 1.807) is 65.3 Å². The number of carbonyl (C=O) groups excluding carboxylic acids is 1. The van der Waals surface area contributed by atoms with Gasteiger partial charge in [0.1, 0.15) is 53.0 Å². The first kappa shape index (κ1) is 56.8. The quantitative estimate of drug-likeness (QED) is 0.0363. The first-order valence-electron chi connectivity index (χ1n) is 22.7. The van der Waals surface area contributed by atoms with E-state index in [-0.39, 0.29) is 115 Å². The number of nitrogens with one attached hydrogen (secondary N) is 2. The van der Waals surface area contributed by atoms with Crippen molar-refractivity contribution >= 4 is 23.6 Å². The largest absolute Gasteiger partial charge is 1.00 e. The third-order valence-corrected chi connectivity index (χ3v) is 11.2. The number of esters is 1. The van der Waals surface area contributed by atoms with Crippen LogP contribution >= 0.6 is 0 Å². The number of anilines is 2. The molecule has 0 bridgehead atoms. The molecule has 75 heavy (non-hydrogen) atoms. The maximum atomic E-state index is 14.4. The van der Waals surface area contributed by atoms with E-state index in [0.29, 0.717) is 52.4 Å². The number of nitrogens with zero attached hydrogens (tertiary/aromatic N) is 10. The third kappa shape index (κ3) is 15.3. The second kappa shape index (κ2) is 26.7. The van der Waals surface area contributed by atoms with Gasteiger partial charge in [-0.05, 0) is 37.1 Å². The van der Waals surface area contributed by atoms with Crippen LogP contribution in [0.15, 0.2) is 107 Å². The van der Waals surface area contributed by atoms with Gasteiger partial charge in [-0.15, -0.1) is 0 Å². The molecule has 0 aliphatic carbocycles. The predicted octanol–water partition coefficient (Wildman–Crippen LogP) is 2.73. The van der Waals surface area contributed by atoms with E-state index in [2.05, 4.69) is 51.1 Å². The van der Waals surface area contributed by atoms with Gasteiger partial charge in [0, 0.05) is 49.2 Å². The molecule has 0 saturated carbocycles. The van der Waals surface area contributed by atoms with Crippen molar-refractivity contribution in [1.29, 1.82) is 0 Å². The average molecular weight is 1050 g/mol. The Morgan fingerprint density at radius 2 is 1.23 bits per heavy atom. The Morgan fingerprint density at radius 3 is 1.69 bits per heavy atom. The summed E-state index contributed by atoms with van der Waals surface area (Å²) >= 11 is 0. The van der Waals surface area contributed by atoms with Crippen LogP contribution in [0.4, 0.5) is 29.2 Å². The number of hydrogen-bond donors (Lipinski definition) is 6. The monoisotopic (exact) mass is 1050 g/mol. The molecular formula is C48H47F4N12NaO10. The average Bonchev–Trinajstić information content (AvgIpc) is 4.20. The molecule has 0 amide bonds. The van der Waals surface area contributed by atoms with E-state index in [9.17, 15) is 42.5 Å². The van der Waals surface area contributed by atoms with Crippen molar-refractivity contribution in [1.82, 2.24) is 49.8 Å². The fourth-order valence-electron chi connectivity index (χ4n) is 7.66. The number of rotatable bonds is 20. The van der Waals surface area contributed by atoms with Crippen molar-refractivity contribution in [3.63, 3.8) is 0 Å². The van der Waals surface area contributed by atoms with Crippen LogP contribution in [0.25, 0.3) is 45.8 Å². The fraction of sp³-hybridized carbons (Fsp3) is 0.292. The summed E-state index contributed by atoms with van der Waals surface area (Å²) in [5, 5.41) is 60.6. The maximum absolute atomic E-state index is 14.4. The summed E-state index contributed by atoms with van der Waals surface area (Å²) in [5.74, 6) is -3.72. The molecule has 22 nitrogen and oxygen atoms in total. The van der Waals surface area contributed by atoms with Crippen LogP contribution in [0.3, 0.4) is 0 Å². The molecule has 1 aliphatic rings. The number of aliphatic hydroxyl groups excluding tert-OH is 3. The van der Waals surface area contributed by atoms with Crippen molar-refractivity contribution in [2.24, 2.45) is 0 Å². The van der Waals surface area contributed by atoms with Crippen molar-refractivity contribution in [3.8, 4) is 45.8 Å². The molecule has 1 aliphatic heterocycles. The summed E-state index contributed by atoms with van der Waals surface area (Å²) in [4.78, 5) is 38.7. The standard InChI is InChI=1S/C24H24F2N6O5.C24H22F2N6O4.Na.H2O/c25-17-4-2-1-3-14(17)13-32-21(19-6-8-37-31-19)11-20(30-32)24-28-12-18(26)23(29-24)27-7-5-15(33)9-16(34)10-22(35)36;25-17-4-2-1-3-14(17)13-32-21(19-6-8-35-31-19)11-20(30-32)24-28-12-18(26)23(29-24)27-7-5-16-9-15(33)10-22(34)36-16;;/h1-4,6,8,11-12,15-16,33-34H,5,7,9-10,13H2,(H,35,36)(H,27,28,29);1-4,6,8,11-12,15-16,33H,5,7,9-10,13H2,(H,27,28,29);;1H2/q;;+1;/p-1/t2*15-,16-;;/m11../s1. The molecule has 6 aromatic heterocycles. The normalized spacial score (nSPS) is 14.8. The van der Waals surface area contributed by atoms with Gasteiger partial charge >= 0.3 is 41.5 Å². The number of aromatic nitrogens is 10. The summed E-state index contributed by atoms with van der Waals surface area (Å²) < 4.78 is 75.5. The summed E-state index contributed by atoms with van der Waals surface area (Å²) in [6, 6.07) is 19.2. The second-order valence-corrected chi connectivity index (χ2v) is 16.7. The van der Waals surface area contributed by atoms with Crippen molar-refractivity contribution < 1.29 is 96.4 Å². The number of hydrogen-bond acceptors (Lipinski definition) is 19. The van der Waals surface area contributed by atoms with Crippen LogP contribution in [0.2, 0.25) is 0 Å². The Hall–Kier alpha value is -7.46. The number of ether oxygens (including phenoxy) is 1. The molecule has 0 radical (unpaired) electrons. The molecule has 7 heterocycles. The number of aliphatic hydroxyl groups is 3. The van der Waals surface area contributed by atoms with E-state index in [0.717, 1.165) is 12.4 Å². The van der Waals surface area contributed by atoms with E-state index < -0.39 is 60.2 Å². The molecule has 4 atom stereocenters. The second-order valence-electron chi connectivity index (χ2n) is 16.7. The molecule has 1 fully saturated rings. The molecule has 8 aromatic rings. The smallest absolute Gasteiger partial charge is 0.870 e. The van der Waals surface area contributed by atoms with Gasteiger partial charge in [0.05, 0.1) is 68.0 Å². The number of carbonyl (C=O) groups is 2. The molecule has 0 unspecified atom stereocenters. The summed E-state index contributed by atoms with van der Waals surface area (Å²) in [7, 11) is 0. The maximum Gasteiger partial charge on any atom is 1.00 e. The topological polar surface area (TPSA) is 318 Å². The van der Waals surface area contributed by atoms with Crippen LogP contribution in [-0.4, -0.2) is 125 Å². The summed E-state index contributed by atoms with van der Waals surface area (Å²) in [6.45, 7) is 0.560. The van der Waals surface area contributed by atoms with Gasteiger partial charge in [-0.25, -0.2) is 37.5 Å². The summed E-state index contributed by atoms with van der Waals surface area (Å²) in [6.07, 6.45) is 1.61. The fourth-order valence-corrected chi connectivity index (χ4v) is 7.66. The van der Waals surface area contributed by atoms with Gasteiger partial charge in [-0.3, -0.25) is 19.0 Å². The van der Waals surface area contributed by atoms with E-state index in [1.165, 1.54) is 29.3 Å². The van der Waals surface area contributed by atoms with Crippen LogP contribution in [0, 0.1) is 23.3 Å². The van der Waals surface area contributed by atoms with Crippen molar-refractivity contribution in [3.05, 3.63) is 132 Å². The van der Waals surface area contributed by atoms with E-state index in [1.807, 2.05) is 0 Å². The van der Waals surface area contributed by atoms with Crippen LogP contribution in [0.1, 0.15) is 49.7 Å². The van der Waals surface area contributed by atoms with Gasteiger partial charge in [0.15, 0.2) is 34.9 Å². The number of carboxylic acids is 1. The minimum absolute atomic E-state index is 0. The zero-order valence-corrected chi connectivity index (χ0v) is 41.9. The zero-order chi connectivity index (χ0) is 51.4. The van der Waals surface area contributed by atoms with Gasteiger partial charge in [-0.1, -0.05) is 46.7 Å². The third-order valence-electron chi connectivity index (χ3n) is 11.2. The van der Waals surface area contributed by atoms with E-state index in [4.69, 9.17) is 18.9 Å². The zero-order valence-electron chi connectivity index (χ0n) is 39.9. The van der Waals surface area contributed by atoms with Gasteiger partial charge in [0.25, 0.3) is 0 Å². The number of carboxylic acid groups (broad SMARTS) is 1. The molecule has 388 valence electrons.